The van der Waals surface area contributed by atoms with Crippen LogP contribution in [0.15, 0.2) is 53.4 Å². The van der Waals surface area contributed by atoms with Crippen LogP contribution in [0.4, 0.5) is 0 Å². The highest BCUT2D eigenvalue weighted by Crippen LogP contribution is 2.14. The van der Waals surface area contributed by atoms with Crippen molar-refractivity contribution in [1.29, 1.82) is 0 Å². The van der Waals surface area contributed by atoms with Gasteiger partial charge in [0.1, 0.15) is 12.4 Å². The number of aryl methyl sites for hydroxylation is 1. The average molecular weight is 326 g/mol. The van der Waals surface area contributed by atoms with E-state index in [1.54, 1.807) is 12.1 Å². The van der Waals surface area contributed by atoms with E-state index >= 15 is 0 Å². The van der Waals surface area contributed by atoms with Gasteiger partial charge in [0.15, 0.2) is 0 Å². The van der Waals surface area contributed by atoms with Crippen LogP contribution < -0.4 is 9.46 Å². The van der Waals surface area contributed by atoms with Crippen molar-refractivity contribution in [2.75, 3.05) is 13.2 Å². The van der Waals surface area contributed by atoms with Crippen molar-refractivity contribution in [2.45, 2.75) is 11.8 Å². The molecule has 0 saturated carbocycles. The number of halogens is 1. The molecule has 0 fully saturated rings. The summed E-state index contributed by atoms with van der Waals surface area (Å²) in [4.78, 5) is 0.183. The Morgan fingerprint density at radius 1 is 1.14 bits per heavy atom. The van der Waals surface area contributed by atoms with E-state index in [0.29, 0.717) is 5.02 Å². The zero-order valence-corrected chi connectivity index (χ0v) is 13.1. The van der Waals surface area contributed by atoms with Gasteiger partial charge in [0.05, 0.1) is 4.90 Å². The molecule has 2 aromatic rings. The zero-order chi connectivity index (χ0) is 15.3. The maximum Gasteiger partial charge on any atom is 0.240 e. The minimum absolute atomic E-state index is 0.183. The molecule has 0 aliphatic heterocycles. The van der Waals surface area contributed by atoms with Crippen LogP contribution in [0.3, 0.4) is 0 Å². The van der Waals surface area contributed by atoms with Gasteiger partial charge in [-0.3, -0.25) is 0 Å². The molecule has 0 spiro atoms. The maximum atomic E-state index is 12.0. The van der Waals surface area contributed by atoms with Gasteiger partial charge in [-0.05, 0) is 48.9 Å². The lowest BCUT2D eigenvalue weighted by molar-refractivity contribution is 0.322. The molecule has 0 aliphatic rings. The summed E-state index contributed by atoms with van der Waals surface area (Å²) in [7, 11) is -3.53. The number of hydrogen-bond donors (Lipinski definition) is 1. The number of sulfonamides is 1. The standard InChI is InChI=1S/C15H16ClNO3S/c1-12-3-2-4-14(11-12)20-10-9-17-21(18,19)15-7-5-13(16)6-8-15/h2-8,11,17H,9-10H2,1H3. The van der Waals surface area contributed by atoms with E-state index in [0.717, 1.165) is 11.3 Å². The van der Waals surface area contributed by atoms with Crippen LogP contribution >= 0.6 is 11.6 Å². The first kappa shape index (κ1) is 15.8. The number of hydrogen-bond acceptors (Lipinski definition) is 3. The normalized spacial score (nSPS) is 11.3. The Labute approximate surface area is 129 Å². The van der Waals surface area contributed by atoms with E-state index in [-0.39, 0.29) is 18.0 Å². The predicted octanol–water partition coefficient (Wildman–Crippen LogP) is 3.01. The second kappa shape index (κ2) is 6.93. The smallest absolute Gasteiger partial charge is 0.240 e. The summed E-state index contributed by atoms with van der Waals surface area (Å²) in [5.41, 5.74) is 1.09. The van der Waals surface area contributed by atoms with Crippen LogP contribution in [0.25, 0.3) is 0 Å². The average Bonchev–Trinajstić information content (AvgIpc) is 2.44. The van der Waals surface area contributed by atoms with Gasteiger partial charge >= 0.3 is 0 Å². The molecule has 0 heterocycles. The van der Waals surface area contributed by atoms with Crippen molar-refractivity contribution in [3.8, 4) is 5.75 Å². The Hall–Kier alpha value is -1.56. The van der Waals surface area contributed by atoms with Gasteiger partial charge in [-0.25, -0.2) is 13.1 Å². The number of ether oxygens (including phenoxy) is 1. The molecule has 0 bridgehead atoms. The van der Waals surface area contributed by atoms with E-state index in [4.69, 9.17) is 16.3 Å². The van der Waals surface area contributed by atoms with Gasteiger partial charge in [0.2, 0.25) is 10.0 Å². The Morgan fingerprint density at radius 2 is 1.86 bits per heavy atom. The summed E-state index contributed by atoms with van der Waals surface area (Å²) >= 11 is 5.73. The van der Waals surface area contributed by atoms with E-state index in [1.807, 2.05) is 31.2 Å². The van der Waals surface area contributed by atoms with Crippen molar-refractivity contribution in [3.63, 3.8) is 0 Å². The second-order valence-electron chi connectivity index (χ2n) is 4.52. The van der Waals surface area contributed by atoms with Gasteiger partial charge in [-0.15, -0.1) is 0 Å². The van der Waals surface area contributed by atoms with Crippen LogP contribution in [0, 0.1) is 6.92 Å². The highest BCUT2D eigenvalue weighted by atomic mass is 35.5. The number of benzene rings is 2. The molecule has 6 heteroatoms. The first-order valence-electron chi connectivity index (χ1n) is 6.42. The molecule has 0 amide bonds. The minimum Gasteiger partial charge on any atom is -0.492 e. The fraction of sp³-hybridized carbons (Fsp3) is 0.200. The summed E-state index contributed by atoms with van der Waals surface area (Å²) < 4.78 is 32.0. The fourth-order valence-corrected chi connectivity index (χ4v) is 2.89. The zero-order valence-electron chi connectivity index (χ0n) is 11.5. The molecule has 112 valence electrons. The van der Waals surface area contributed by atoms with Gasteiger partial charge < -0.3 is 4.74 Å². The molecular formula is C15H16ClNO3S. The van der Waals surface area contributed by atoms with Crippen molar-refractivity contribution in [2.24, 2.45) is 0 Å². The van der Waals surface area contributed by atoms with E-state index in [2.05, 4.69) is 4.72 Å². The SMILES string of the molecule is Cc1cccc(OCCNS(=O)(=O)c2ccc(Cl)cc2)c1. The molecule has 0 atom stereocenters. The Bertz CT molecular complexity index is 699. The van der Waals surface area contributed by atoms with Crippen LogP contribution in [-0.4, -0.2) is 21.6 Å². The monoisotopic (exact) mass is 325 g/mol. The first-order valence-corrected chi connectivity index (χ1v) is 8.28. The lowest BCUT2D eigenvalue weighted by atomic mass is 10.2. The van der Waals surface area contributed by atoms with Gasteiger partial charge in [0, 0.05) is 11.6 Å². The van der Waals surface area contributed by atoms with Crippen molar-refractivity contribution in [1.82, 2.24) is 4.72 Å². The minimum atomic E-state index is -3.53. The number of rotatable bonds is 6. The second-order valence-corrected chi connectivity index (χ2v) is 6.72. The first-order chi connectivity index (χ1) is 9.97. The van der Waals surface area contributed by atoms with Crippen molar-refractivity contribution in [3.05, 3.63) is 59.1 Å². The third-order valence-electron chi connectivity index (χ3n) is 2.78. The van der Waals surface area contributed by atoms with Crippen LogP contribution in [0.5, 0.6) is 5.75 Å². The largest absolute Gasteiger partial charge is 0.492 e. The Kier molecular flexibility index (Phi) is 5.22. The predicted molar refractivity (Wildman–Crippen MR) is 83.3 cm³/mol. The summed E-state index contributed by atoms with van der Waals surface area (Å²) in [6.07, 6.45) is 0. The number of nitrogens with one attached hydrogen (secondary N) is 1. The molecule has 2 rings (SSSR count). The summed E-state index contributed by atoms with van der Waals surface area (Å²) in [6, 6.07) is 13.6. The fourth-order valence-electron chi connectivity index (χ4n) is 1.75. The molecular weight excluding hydrogens is 310 g/mol. The van der Waals surface area contributed by atoms with Crippen LogP contribution in [0.2, 0.25) is 5.02 Å². The summed E-state index contributed by atoms with van der Waals surface area (Å²) in [5.74, 6) is 0.723. The lowest BCUT2D eigenvalue weighted by Crippen LogP contribution is -2.28. The molecule has 0 aromatic heterocycles. The molecule has 0 unspecified atom stereocenters. The topological polar surface area (TPSA) is 55.4 Å². The summed E-state index contributed by atoms with van der Waals surface area (Å²) in [6.45, 7) is 2.42. The van der Waals surface area contributed by atoms with Gasteiger partial charge in [-0.2, -0.15) is 0 Å². The van der Waals surface area contributed by atoms with E-state index in [1.165, 1.54) is 12.1 Å². The Balaban J connectivity index is 1.86. The molecule has 0 aliphatic carbocycles. The van der Waals surface area contributed by atoms with Crippen molar-refractivity contribution >= 4 is 21.6 Å². The van der Waals surface area contributed by atoms with Crippen molar-refractivity contribution < 1.29 is 13.2 Å². The molecule has 1 N–H and O–H groups in total. The molecule has 21 heavy (non-hydrogen) atoms. The molecule has 0 saturated heterocycles. The maximum absolute atomic E-state index is 12.0. The quantitative estimate of drug-likeness (QED) is 0.831. The third-order valence-corrected chi connectivity index (χ3v) is 4.51. The molecule has 2 aromatic carbocycles. The molecule has 0 radical (unpaired) electrons. The van der Waals surface area contributed by atoms with Gasteiger partial charge in [0.25, 0.3) is 0 Å². The van der Waals surface area contributed by atoms with Crippen LogP contribution in [-0.2, 0) is 10.0 Å². The summed E-state index contributed by atoms with van der Waals surface area (Å²) in [5, 5.41) is 0.497. The van der Waals surface area contributed by atoms with E-state index in [9.17, 15) is 8.42 Å². The highest BCUT2D eigenvalue weighted by Gasteiger charge is 2.12. The van der Waals surface area contributed by atoms with Gasteiger partial charge in [-0.1, -0.05) is 23.7 Å². The Morgan fingerprint density at radius 3 is 2.52 bits per heavy atom. The third kappa shape index (κ3) is 4.74. The van der Waals surface area contributed by atoms with E-state index < -0.39 is 10.0 Å². The molecule has 4 nitrogen and oxygen atoms in total. The van der Waals surface area contributed by atoms with Crippen LogP contribution in [0.1, 0.15) is 5.56 Å². The lowest BCUT2D eigenvalue weighted by Gasteiger charge is -2.09. The highest BCUT2D eigenvalue weighted by molar-refractivity contribution is 7.89.